The number of nitrogens with zero attached hydrogens (tertiary/aromatic N) is 5. The van der Waals surface area contributed by atoms with E-state index in [1.165, 1.54) is 22.7 Å². The van der Waals surface area contributed by atoms with Crippen LogP contribution in [0.15, 0.2) is 35.4 Å². The fourth-order valence-corrected chi connectivity index (χ4v) is 3.44. The molecule has 2 heterocycles. The Morgan fingerprint density at radius 1 is 1.21 bits per heavy atom. The van der Waals surface area contributed by atoms with Crippen molar-refractivity contribution in [2.75, 3.05) is 17.2 Å². The monoisotopic (exact) mass is 390 g/mol. The average Bonchev–Trinajstić information content (AvgIpc) is 3.42. The number of rotatable bonds is 7. The van der Waals surface area contributed by atoms with Crippen LogP contribution in [0.1, 0.15) is 31.0 Å². The predicted molar refractivity (Wildman–Crippen MR) is 108 cm³/mol. The molecule has 9 heteroatoms. The first-order chi connectivity index (χ1) is 13.7. The van der Waals surface area contributed by atoms with Gasteiger partial charge in [0.1, 0.15) is 6.07 Å². The first-order valence-corrected chi connectivity index (χ1v) is 9.79. The van der Waals surface area contributed by atoms with Gasteiger partial charge in [0.15, 0.2) is 17.2 Å². The molecule has 0 atom stereocenters. The quantitative estimate of drug-likeness (QED) is 0.526. The fourth-order valence-electron chi connectivity index (χ4n) is 2.76. The molecule has 1 aromatic carbocycles. The Morgan fingerprint density at radius 2 is 2.07 bits per heavy atom. The molecule has 0 bridgehead atoms. The Morgan fingerprint density at radius 3 is 2.79 bits per heavy atom. The third-order valence-corrected chi connectivity index (χ3v) is 5.07. The molecular formula is C19H18N8S. The van der Waals surface area contributed by atoms with Crippen LogP contribution in [0.25, 0.3) is 5.65 Å². The van der Waals surface area contributed by atoms with E-state index in [9.17, 15) is 10.5 Å². The molecule has 3 N–H and O–H groups in total. The summed E-state index contributed by atoms with van der Waals surface area (Å²) in [6.45, 7) is 2.84. The number of aromatic nitrogens is 3. The highest BCUT2D eigenvalue weighted by molar-refractivity contribution is 7.97. The standard InChI is InChI=1S/C19H18N8S/c1-2-23-28-16-6-12(9-20)5-14(7-16)25-18-8-17(24-13-3-4-13)19-22-11-15(10-21)27(19)26-18/h5-8,11,13,23-24H,2-4H2,1H3,(H,25,26). The number of nitrogens with one attached hydrogen (secondary N) is 3. The molecule has 1 aliphatic carbocycles. The SMILES string of the molecule is CCNSc1cc(C#N)cc(Nc2cc(NC3CC3)c3ncc(C#N)n3n2)c1. The van der Waals surface area contributed by atoms with Gasteiger partial charge < -0.3 is 10.6 Å². The van der Waals surface area contributed by atoms with Crippen molar-refractivity contribution in [3.8, 4) is 12.1 Å². The van der Waals surface area contributed by atoms with Crippen LogP contribution in [0, 0.1) is 22.7 Å². The van der Waals surface area contributed by atoms with Crippen LogP contribution >= 0.6 is 11.9 Å². The number of imidazole rings is 1. The van der Waals surface area contributed by atoms with Gasteiger partial charge in [-0.25, -0.2) is 4.98 Å². The van der Waals surface area contributed by atoms with E-state index in [2.05, 4.69) is 37.6 Å². The van der Waals surface area contributed by atoms with Crippen LogP contribution in [0.2, 0.25) is 0 Å². The number of nitriles is 2. The Bertz CT molecular complexity index is 1100. The van der Waals surface area contributed by atoms with E-state index in [-0.39, 0.29) is 0 Å². The summed E-state index contributed by atoms with van der Waals surface area (Å²) >= 11 is 1.47. The molecule has 0 saturated heterocycles. The molecule has 1 aliphatic rings. The summed E-state index contributed by atoms with van der Waals surface area (Å²) in [6, 6.07) is 12.2. The molecule has 3 aromatic rings. The first-order valence-electron chi connectivity index (χ1n) is 8.97. The maximum Gasteiger partial charge on any atom is 0.178 e. The molecule has 1 fully saturated rings. The van der Waals surface area contributed by atoms with Gasteiger partial charge in [-0.05, 0) is 43.0 Å². The third kappa shape index (κ3) is 3.86. The topological polar surface area (TPSA) is 114 Å². The van der Waals surface area contributed by atoms with E-state index in [1.54, 1.807) is 6.07 Å². The molecule has 2 aromatic heterocycles. The van der Waals surface area contributed by atoms with Crippen molar-refractivity contribution in [1.29, 1.82) is 10.5 Å². The second kappa shape index (κ2) is 7.77. The molecule has 0 aliphatic heterocycles. The van der Waals surface area contributed by atoms with Crippen LogP contribution in [0.4, 0.5) is 17.2 Å². The fraction of sp³-hybridized carbons (Fsp3) is 0.263. The maximum atomic E-state index is 9.34. The number of anilines is 3. The molecule has 28 heavy (non-hydrogen) atoms. The highest BCUT2D eigenvalue weighted by Crippen LogP contribution is 2.30. The average molecular weight is 390 g/mol. The first kappa shape index (κ1) is 18.1. The lowest BCUT2D eigenvalue weighted by Crippen LogP contribution is -2.08. The molecule has 0 radical (unpaired) electrons. The van der Waals surface area contributed by atoms with Crippen LogP contribution in [-0.4, -0.2) is 27.2 Å². The molecule has 0 amide bonds. The Labute approximate surface area is 166 Å². The minimum Gasteiger partial charge on any atom is -0.379 e. The van der Waals surface area contributed by atoms with E-state index < -0.39 is 0 Å². The Kier molecular flexibility index (Phi) is 5.02. The third-order valence-electron chi connectivity index (χ3n) is 4.16. The van der Waals surface area contributed by atoms with Gasteiger partial charge in [-0.1, -0.05) is 6.92 Å². The summed E-state index contributed by atoms with van der Waals surface area (Å²) < 4.78 is 4.72. The van der Waals surface area contributed by atoms with Gasteiger partial charge in [-0.3, -0.25) is 4.72 Å². The second-order valence-corrected chi connectivity index (χ2v) is 7.40. The second-order valence-electron chi connectivity index (χ2n) is 6.44. The molecule has 4 rings (SSSR count). The van der Waals surface area contributed by atoms with E-state index in [0.29, 0.717) is 28.8 Å². The van der Waals surface area contributed by atoms with Crippen molar-refractivity contribution in [1.82, 2.24) is 19.3 Å². The maximum absolute atomic E-state index is 9.34. The van der Waals surface area contributed by atoms with Gasteiger partial charge in [-0.15, -0.1) is 5.10 Å². The number of hydrogen-bond acceptors (Lipinski definition) is 8. The zero-order valence-electron chi connectivity index (χ0n) is 15.2. The molecule has 1 saturated carbocycles. The highest BCUT2D eigenvalue weighted by atomic mass is 32.2. The van der Waals surface area contributed by atoms with Crippen molar-refractivity contribution in [2.45, 2.75) is 30.7 Å². The lowest BCUT2D eigenvalue weighted by atomic mass is 10.2. The summed E-state index contributed by atoms with van der Waals surface area (Å²) in [5.41, 5.74) is 3.14. The summed E-state index contributed by atoms with van der Waals surface area (Å²) in [5, 5.41) is 29.9. The number of fused-ring (bicyclic) bond motifs is 1. The van der Waals surface area contributed by atoms with Crippen molar-refractivity contribution in [3.63, 3.8) is 0 Å². The lowest BCUT2D eigenvalue weighted by molar-refractivity contribution is 0.924. The van der Waals surface area contributed by atoms with E-state index in [1.807, 2.05) is 25.1 Å². The van der Waals surface area contributed by atoms with Gasteiger partial charge >= 0.3 is 0 Å². The zero-order valence-corrected chi connectivity index (χ0v) is 16.0. The smallest absolute Gasteiger partial charge is 0.178 e. The number of hydrogen-bond donors (Lipinski definition) is 3. The number of benzene rings is 1. The Balaban J connectivity index is 1.71. The minimum absolute atomic E-state index is 0.367. The van der Waals surface area contributed by atoms with Gasteiger partial charge in [0.05, 0.1) is 23.5 Å². The van der Waals surface area contributed by atoms with Gasteiger partial charge in [-0.2, -0.15) is 15.0 Å². The lowest BCUT2D eigenvalue weighted by Gasteiger charge is -2.12. The van der Waals surface area contributed by atoms with Crippen LogP contribution in [0.5, 0.6) is 0 Å². The Hall–Kier alpha value is -3.27. The van der Waals surface area contributed by atoms with Gasteiger partial charge in [0.2, 0.25) is 0 Å². The highest BCUT2D eigenvalue weighted by Gasteiger charge is 2.23. The van der Waals surface area contributed by atoms with Crippen LogP contribution < -0.4 is 15.4 Å². The van der Waals surface area contributed by atoms with Crippen LogP contribution in [-0.2, 0) is 0 Å². The van der Waals surface area contributed by atoms with Crippen molar-refractivity contribution in [3.05, 3.63) is 41.7 Å². The normalized spacial score (nSPS) is 13.1. The van der Waals surface area contributed by atoms with Gasteiger partial charge in [0.25, 0.3) is 0 Å². The van der Waals surface area contributed by atoms with E-state index in [4.69, 9.17) is 0 Å². The molecule has 8 nitrogen and oxygen atoms in total. The van der Waals surface area contributed by atoms with Crippen molar-refractivity contribution in [2.24, 2.45) is 0 Å². The van der Waals surface area contributed by atoms with Crippen molar-refractivity contribution >= 4 is 34.8 Å². The minimum atomic E-state index is 0.367. The van der Waals surface area contributed by atoms with Crippen molar-refractivity contribution < 1.29 is 0 Å². The van der Waals surface area contributed by atoms with Crippen LogP contribution in [0.3, 0.4) is 0 Å². The largest absolute Gasteiger partial charge is 0.379 e. The molecule has 0 spiro atoms. The summed E-state index contributed by atoms with van der Waals surface area (Å²) in [6.07, 6.45) is 3.77. The summed E-state index contributed by atoms with van der Waals surface area (Å²) in [4.78, 5) is 5.26. The summed E-state index contributed by atoms with van der Waals surface area (Å²) in [7, 11) is 0. The van der Waals surface area contributed by atoms with E-state index >= 15 is 0 Å². The summed E-state index contributed by atoms with van der Waals surface area (Å²) in [5.74, 6) is 0.569. The molecule has 140 valence electrons. The molecular weight excluding hydrogens is 372 g/mol. The predicted octanol–water partition coefficient (Wildman–Crippen LogP) is 3.41. The zero-order chi connectivity index (χ0) is 19.5. The molecule has 0 unspecified atom stereocenters. The van der Waals surface area contributed by atoms with Gasteiger partial charge in [0, 0.05) is 29.2 Å². The van der Waals surface area contributed by atoms with E-state index in [0.717, 1.165) is 35.7 Å².